The number of amides is 1. The molecule has 8 heteroatoms. The minimum absolute atomic E-state index is 0.0557. The summed E-state index contributed by atoms with van der Waals surface area (Å²) in [7, 11) is 1.78. The average Bonchev–Trinajstić information content (AvgIpc) is 2.86. The van der Waals surface area contributed by atoms with Crippen LogP contribution >= 0.6 is 0 Å². The van der Waals surface area contributed by atoms with E-state index in [1.165, 1.54) is 13.8 Å². The quantitative estimate of drug-likeness (QED) is 0.590. The highest BCUT2D eigenvalue weighted by Crippen LogP contribution is 2.19. The van der Waals surface area contributed by atoms with Gasteiger partial charge in [0.15, 0.2) is 18.5 Å². The van der Waals surface area contributed by atoms with Crippen molar-refractivity contribution in [1.82, 2.24) is 9.78 Å². The lowest BCUT2D eigenvalue weighted by molar-refractivity contribution is -0.155. The predicted molar refractivity (Wildman–Crippen MR) is 98.8 cm³/mol. The standard InChI is InChI=1S/C19H23N3O5/c1-11-18(12(2)22(5)21-11)20-19(25)14(4)27-17(24)10-26-16-8-6-15(7-9-16)13(3)23/h6-9,14H,10H2,1-5H3,(H,20,25)/t14-/m1/s1. The number of anilines is 1. The van der Waals surface area contributed by atoms with E-state index in [9.17, 15) is 14.4 Å². The lowest BCUT2D eigenvalue weighted by atomic mass is 10.1. The number of benzene rings is 1. The first-order valence-corrected chi connectivity index (χ1v) is 8.43. The number of Topliss-reactive ketones (excluding diaryl/α,β-unsaturated/α-hetero) is 1. The number of nitrogens with one attached hydrogen (secondary N) is 1. The Hall–Kier alpha value is -3.16. The molecule has 8 nitrogen and oxygen atoms in total. The fourth-order valence-electron chi connectivity index (χ4n) is 2.39. The predicted octanol–water partition coefficient (Wildman–Crippen LogP) is 2.19. The van der Waals surface area contributed by atoms with Crippen LogP contribution in [0.5, 0.6) is 5.75 Å². The van der Waals surface area contributed by atoms with E-state index in [-0.39, 0.29) is 12.4 Å². The molecule has 0 saturated heterocycles. The SMILES string of the molecule is CC(=O)c1ccc(OCC(=O)O[C@H](C)C(=O)Nc2c(C)nn(C)c2C)cc1. The van der Waals surface area contributed by atoms with Crippen molar-refractivity contribution < 1.29 is 23.9 Å². The van der Waals surface area contributed by atoms with Crippen LogP contribution in [0.4, 0.5) is 5.69 Å². The Morgan fingerprint density at radius 1 is 1.19 bits per heavy atom. The first-order chi connectivity index (χ1) is 12.7. The summed E-state index contributed by atoms with van der Waals surface area (Å²) >= 11 is 0. The van der Waals surface area contributed by atoms with Crippen LogP contribution in [-0.4, -0.2) is 40.2 Å². The van der Waals surface area contributed by atoms with Crippen molar-refractivity contribution in [3.8, 4) is 5.75 Å². The van der Waals surface area contributed by atoms with Crippen molar-refractivity contribution in [2.24, 2.45) is 7.05 Å². The number of hydrogen-bond donors (Lipinski definition) is 1. The number of ether oxygens (including phenoxy) is 2. The van der Waals surface area contributed by atoms with Gasteiger partial charge in [-0.25, -0.2) is 4.79 Å². The molecular formula is C19H23N3O5. The topological polar surface area (TPSA) is 99.5 Å². The molecule has 0 fully saturated rings. The van der Waals surface area contributed by atoms with Crippen LogP contribution in [0.25, 0.3) is 0 Å². The second-order valence-electron chi connectivity index (χ2n) is 6.16. The first-order valence-electron chi connectivity index (χ1n) is 8.43. The van der Waals surface area contributed by atoms with Gasteiger partial charge in [-0.2, -0.15) is 5.10 Å². The minimum Gasteiger partial charge on any atom is -0.482 e. The summed E-state index contributed by atoms with van der Waals surface area (Å²) in [6.07, 6.45) is -0.986. The Balaban J connectivity index is 1.85. The van der Waals surface area contributed by atoms with Gasteiger partial charge in [-0.3, -0.25) is 14.3 Å². The summed E-state index contributed by atoms with van der Waals surface area (Å²) in [5.41, 5.74) is 2.64. The van der Waals surface area contributed by atoms with Gasteiger partial charge >= 0.3 is 5.97 Å². The summed E-state index contributed by atoms with van der Waals surface area (Å²) in [5, 5.41) is 6.94. The molecule has 27 heavy (non-hydrogen) atoms. The molecule has 1 aromatic carbocycles. The number of aromatic nitrogens is 2. The molecule has 2 rings (SSSR count). The number of nitrogens with zero attached hydrogens (tertiary/aromatic N) is 2. The maximum atomic E-state index is 12.2. The van der Waals surface area contributed by atoms with E-state index in [1.807, 2.05) is 6.92 Å². The van der Waals surface area contributed by atoms with Gasteiger partial charge in [-0.05, 0) is 52.0 Å². The van der Waals surface area contributed by atoms with Gasteiger partial charge in [-0.1, -0.05) is 0 Å². The summed E-state index contributed by atoms with van der Waals surface area (Å²) < 4.78 is 12.1. The van der Waals surface area contributed by atoms with E-state index < -0.39 is 18.0 Å². The molecule has 0 radical (unpaired) electrons. The molecule has 0 aliphatic carbocycles. The molecular weight excluding hydrogens is 350 g/mol. The second-order valence-corrected chi connectivity index (χ2v) is 6.16. The van der Waals surface area contributed by atoms with E-state index in [2.05, 4.69) is 10.4 Å². The highest BCUT2D eigenvalue weighted by Gasteiger charge is 2.21. The van der Waals surface area contributed by atoms with E-state index in [1.54, 1.807) is 42.9 Å². The van der Waals surface area contributed by atoms with Gasteiger partial charge in [-0.15, -0.1) is 0 Å². The Labute approximate surface area is 157 Å². The Kier molecular flexibility index (Phi) is 6.33. The zero-order valence-corrected chi connectivity index (χ0v) is 16.0. The second kappa shape index (κ2) is 8.48. The van der Waals surface area contributed by atoms with Crippen LogP contribution in [0.1, 0.15) is 35.6 Å². The van der Waals surface area contributed by atoms with Crippen molar-refractivity contribution in [3.63, 3.8) is 0 Å². The van der Waals surface area contributed by atoms with Crippen molar-refractivity contribution in [2.45, 2.75) is 33.8 Å². The van der Waals surface area contributed by atoms with Crippen molar-refractivity contribution in [2.75, 3.05) is 11.9 Å². The number of esters is 1. The van der Waals surface area contributed by atoms with E-state index >= 15 is 0 Å². The number of rotatable bonds is 7. The number of aryl methyl sites for hydroxylation is 2. The van der Waals surface area contributed by atoms with Gasteiger partial charge in [0.05, 0.1) is 17.1 Å². The largest absolute Gasteiger partial charge is 0.482 e. The molecule has 1 aromatic heterocycles. The molecule has 144 valence electrons. The van der Waals surface area contributed by atoms with Crippen LogP contribution in [0.2, 0.25) is 0 Å². The van der Waals surface area contributed by atoms with Crippen LogP contribution in [-0.2, 0) is 21.4 Å². The molecule has 1 amide bonds. The lowest BCUT2D eigenvalue weighted by Gasteiger charge is -2.14. The molecule has 1 atom stereocenters. The van der Waals surface area contributed by atoms with Crippen molar-refractivity contribution in [1.29, 1.82) is 0 Å². The van der Waals surface area contributed by atoms with Crippen LogP contribution < -0.4 is 10.1 Å². The van der Waals surface area contributed by atoms with Crippen molar-refractivity contribution in [3.05, 3.63) is 41.2 Å². The Morgan fingerprint density at radius 3 is 2.33 bits per heavy atom. The van der Waals surface area contributed by atoms with Crippen molar-refractivity contribution >= 4 is 23.3 Å². The zero-order chi connectivity index (χ0) is 20.1. The Bertz CT molecular complexity index is 855. The molecule has 2 aromatic rings. The summed E-state index contributed by atoms with van der Waals surface area (Å²) in [5.74, 6) is -0.753. The number of hydrogen-bond acceptors (Lipinski definition) is 6. The minimum atomic E-state index is -0.986. The first kappa shape index (κ1) is 20.2. The van der Waals surface area contributed by atoms with Gasteiger partial charge in [0, 0.05) is 12.6 Å². The third-order valence-corrected chi connectivity index (χ3v) is 4.05. The van der Waals surface area contributed by atoms with Gasteiger partial charge in [0.25, 0.3) is 5.91 Å². The third-order valence-electron chi connectivity index (χ3n) is 4.05. The lowest BCUT2D eigenvalue weighted by Crippen LogP contribution is -2.32. The smallest absolute Gasteiger partial charge is 0.344 e. The van der Waals surface area contributed by atoms with E-state index in [4.69, 9.17) is 9.47 Å². The highest BCUT2D eigenvalue weighted by molar-refractivity contribution is 5.96. The summed E-state index contributed by atoms with van der Waals surface area (Å²) in [4.78, 5) is 35.4. The highest BCUT2D eigenvalue weighted by atomic mass is 16.6. The maximum Gasteiger partial charge on any atom is 0.344 e. The summed E-state index contributed by atoms with van der Waals surface area (Å²) in [6, 6.07) is 6.40. The maximum absolute atomic E-state index is 12.2. The number of ketones is 1. The van der Waals surface area contributed by atoms with Gasteiger partial charge in [0.1, 0.15) is 5.75 Å². The van der Waals surface area contributed by atoms with Crippen LogP contribution in [0, 0.1) is 13.8 Å². The molecule has 0 aliphatic heterocycles. The fourth-order valence-corrected chi connectivity index (χ4v) is 2.39. The molecule has 0 aliphatic rings. The monoisotopic (exact) mass is 373 g/mol. The van der Waals surface area contributed by atoms with E-state index in [0.29, 0.717) is 22.7 Å². The molecule has 0 unspecified atom stereocenters. The molecule has 1 N–H and O–H groups in total. The van der Waals surface area contributed by atoms with E-state index in [0.717, 1.165) is 5.69 Å². The van der Waals surface area contributed by atoms with Gasteiger partial charge < -0.3 is 14.8 Å². The third kappa shape index (κ3) is 5.16. The zero-order valence-electron chi connectivity index (χ0n) is 16.0. The number of carbonyl (C=O) groups is 3. The molecule has 0 spiro atoms. The molecule has 0 saturated carbocycles. The fraction of sp³-hybridized carbons (Fsp3) is 0.368. The normalized spacial score (nSPS) is 11.6. The molecule has 1 heterocycles. The van der Waals surface area contributed by atoms with Gasteiger partial charge in [0.2, 0.25) is 0 Å². The average molecular weight is 373 g/mol. The number of carbonyl (C=O) groups excluding carboxylic acids is 3. The van der Waals surface area contributed by atoms with Crippen LogP contribution in [0.3, 0.4) is 0 Å². The van der Waals surface area contributed by atoms with Crippen LogP contribution in [0.15, 0.2) is 24.3 Å². The molecule has 0 bridgehead atoms. The Morgan fingerprint density at radius 2 is 1.81 bits per heavy atom. The summed E-state index contributed by atoms with van der Waals surface area (Å²) in [6.45, 7) is 6.22.